The second kappa shape index (κ2) is 18.4. The van der Waals surface area contributed by atoms with Crippen molar-refractivity contribution in [2.75, 3.05) is 35.4 Å². The average Bonchev–Trinajstić information content (AvgIpc) is 3.42. The summed E-state index contributed by atoms with van der Waals surface area (Å²) in [5.74, 6) is -3.06. The van der Waals surface area contributed by atoms with Gasteiger partial charge in [0.25, 0.3) is 0 Å². The van der Waals surface area contributed by atoms with Crippen molar-refractivity contribution in [3.63, 3.8) is 0 Å². The van der Waals surface area contributed by atoms with E-state index in [1.165, 1.54) is 20.8 Å². The van der Waals surface area contributed by atoms with Crippen LogP contribution in [0.1, 0.15) is 65.5 Å². The number of anilines is 2. The molecule has 0 radical (unpaired) electrons. The molecule has 3 amide bonds. The Balaban J connectivity index is 2.23. The fourth-order valence-corrected chi connectivity index (χ4v) is 6.50. The average molecular weight is 801 g/mol. The molecule has 2 aromatic carbocycles. The zero-order valence-corrected chi connectivity index (χ0v) is 32.3. The molecule has 0 fully saturated rings. The van der Waals surface area contributed by atoms with Crippen LogP contribution in [-0.2, 0) is 42.2 Å². The summed E-state index contributed by atoms with van der Waals surface area (Å²) >= 11 is 0. The highest BCUT2D eigenvalue weighted by atomic mass is 32.2. The Hall–Kier alpha value is -5.20. The molecule has 1 aliphatic heterocycles. The Morgan fingerprint density at radius 3 is 2.27 bits per heavy atom. The monoisotopic (exact) mass is 800 g/mol. The number of amides is 3. The van der Waals surface area contributed by atoms with Crippen molar-refractivity contribution in [1.29, 1.82) is 0 Å². The summed E-state index contributed by atoms with van der Waals surface area (Å²) in [6.45, 7) is 10.1. The minimum atomic E-state index is -5.22. The lowest BCUT2D eigenvalue weighted by Crippen LogP contribution is -2.48. The molecule has 0 aromatic heterocycles. The Morgan fingerprint density at radius 2 is 1.71 bits per heavy atom. The molecule has 1 aliphatic rings. The van der Waals surface area contributed by atoms with Crippen LogP contribution in [0.4, 0.5) is 38.9 Å². The van der Waals surface area contributed by atoms with Crippen LogP contribution in [0.3, 0.4) is 0 Å². The van der Waals surface area contributed by atoms with Gasteiger partial charge >= 0.3 is 34.5 Å². The van der Waals surface area contributed by atoms with Crippen molar-refractivity contribution < 1.29 is 64.8 Å². The number of ether oxygens (including phenoxy) is 4. The van der Waals surface area contributed by atoms with E-state index in [0.29, 0.717) is 5.56 Å². The number of rotatable bonds is 16. The third-order valence-electron chi connectivity index (χ3n) is 7.50. The van der Waals surface area contributed by atoms with Gasteiger partial charge in [-0.2, -0.15) is 8.42 Å². The van der Waals surface area contributed by atoms with Gasteiger partial charge in [0, 0.05) is 37.6 Å². The van der Waals surface area contributed by atoms with Crippen LogP contribution in [0.2, 0.25) is 0 Å². The molecular formula is C36H47F3N4O11S. The van der Waals surface area contributed by atoms with Crippen molar-refractivity contribution >= 4 is 45.8 Å². The lowest BCUT2D eigenvalue weighted by atomic mass is 10.1. The number of carbonyl (C=O) groups is 4. The summed E-state index contributed by atoms with van der Waals surface area (Å²) in [5.41, 5.74) is -3.12. The molecule has 0 saturated heterocycles. The number of fused-ring (bicyclic) bond motifs is 1. The number of halogens is 3. The molecule has 0 spiro atoms. The van der Waals surface area contributed by atoms with Gasteiger partial charge in [-0.15, -0.1) is 0 Å². The number of alkyl halides is 2. The molecule has 1 atom stereocenters. The maximum absolute atomic E-state index is 17.2. The number of carboxylic acid groups (broad SMARTS) is 1. The standard InChI is InChI=1S/C36H47F3N4O11S/c1-8-17-51-32(45)40-55(49,50)42(21-29(44)53-35(2,3)4)31-27(52-22-23-13-10-9-11-14-23)19-26-25(30(31)39)18-24(43(26)33(46)47)20-41(16-12-15-28(37)38)34(48)54-36(5,6)7/h8-11,13-14,19,24,28H,1,12,15-18,20-22H2,2-7H3,(H,40,45)(H,46,47)/t24-/m1/s1. The summed E-state index contributed by atoms with van der Waals surface area (Å²) in [4.78, 5) is 53.4. The first-order valence-electron chi connectivity index (χ1n) is 17.1. The first kappa shape index (κ1) is 44.2. The molecule has 2 aromatic rings. The second-order valence-corrected chi connectivity index (χ2v) is 16.0. The summed E-state index contributed by atoms with van der Waals surface area (Å²) in [7, 11) is -5.22. The van der Waals surface area contributed by atoms with Gasteiger partial charge in [-0.1, -0.05) is 43.0 Å². The highest BCUT2D eigenvalue weighted by Gasteiger charge is 2.43. The summed E-state index contributed by atoms with van der Waals surface area (Å²) in [6, 6.07) is 8.19. The zero-order chi connectivity index (χ0) is 41.3. The number of benzene rings is 2. The predicted molar refractivity (Wildman–Crippen MR) is 195 cm³/mol. The van der Waals surface area contributed by atoms with Crippen LogP contribution in [0.15, 0.2) is 49.1 Å². The van der Waals surface area contributed by atoms with Gasteiger partial charge in [-0.25, -0.2) is 36.6 Å². The van der Waals surface area contributed by atoms with E-state index in [9.17, 15) is 41.5 Å². The smallest absolute Gasteiger partial charge is 0.422 e. The molecule has 3 rings (SSSR count). The summed E-state index contributed by atoms with van der Waals surface area (Å²) in [6.07, 6.45) is -6.72. The Labute approximate surface area is 318 Å². The highest BCUT2D eigenvalue weighted by Crippen LogP contribution is 2.45. The van der Waals surface area contributed by atoms with E-state index in [0.717, 1.165) is 21.9 Å². The molecule has 0 aliphatic carbocycles. The van der Waals surface area contributed by atoms with Gasteiger partial charge in [0.1, 0.15) is 42.4 Å². The fourth-order valence-electron chi connectivity index (χ4n) is 5.43. The second-order valence-electron chi connectivity index (χ2n) is 14.4. The van der Waals surface area contributed by atoms with Crippen molar-refractivity contribution in [3.05, 3.63) is 66.0 Å². The number of hydrogen-bond donors (Lipinski definition) is 2. The van der Waals surface area contributed by atoms with Crippen LogP contribution in [0.25, 0.3) is 0 Å². The van der Waals surface area contributed by atoms with E-state index in [-0.39, 0.29) is 35.1 Å². The summed E-state index contributed by atoms with van der Waals surface area (Å²) in [5, 5.41) is 10.4. The van der Waals surface area contributed by atoms with Crippen LogP contribution >= 0.6 is 0 Å². The third kappa shape index (κ3) is 13.0. The maximum Gasteiger partial charge on any atom is 0.422 e. The first-order chi connectivity index (χ1) is 25.5. The number of nitrogens with one attached hydrogen (secondary N) is 1. The highest BCUT2D eigenvalue weighted by molar-refractivity contribution is 7.91. The number of carbonyl (C=O) groups excluding carboxylic acids is 3. The minimum absolute atomic E-state index is 0.167. The van der Waals surface area contributed by atoms with Crippen molar-refractivity contribution in [1.82, 2.24) is 9.62 Å². The van der Waals surface area contributed by atoms with Crippen molar-refractivity contribution in [2.24, 2.45) is 0 Å². The molecule has 0 saturated carbocycles. The lowest BCUT2D eigenvalue weighted by Gasteiger charge is -2.31. The number of esters is 1. The predicted octanol–water partition coefficient (Wildman–Crippen LogP) is 6.40. The summed E-state index contributed by atoms with van der Waals surface area (Å²) < 4.78 is 94.3. The Bertz CT molecular complexity index is 1820. The van der Waals surface area contributed by atoms with E-state index in [4.69, 9.17) is 18.9 Å². The van der Waals surface area contributed by atoms with Crippen LogP contribution in [0.5, 0.6) is 5.75 Å². The lowest BCUT2D eigenvalue weighted by molar-refractivity contribution is -0.152. The third-order valence-corrected chi connectivity index (χ3v) is 8.82. The molecular weight excluding hydrogens is 753 g/mol. The molecule has 55 heavy (non-hydrogen) atoms. The van der Waals surface area contributed by atoms with E-state index in [2.05, 4.69) is 6.58 Å². The molecule has 0 bridgehead atoms. The van der Waals surface area contributed by atoms with Crippen molar-refractivity contribution in [3.8, 4) is 5.75 Å². The zero-order valence-electron chi connectivity index (χ0n) is 31.5. The molecule has 1 heterocycles. The Morgan fingerprint density at radius 1 is 1.07 bits per heavy atom. The van der Waals surface area contributed by atoms with E-state index in [1.54, 1.807) is 55.8 Å². The number of nitrogens with zero attached hydrogens (tertiary/aromatic N) is 3. The maximum atomic E-state index is 17.2. The quantitative estimate of drug-likeness (QED) is 0.109. The van der Waals surface area contributed by atoms with E-state index >= 15 is 4.39 Å². The SMILES string of the molecule is C=CCOC(=O)NS(=O)(=O)N(CC(=O)OC(C)(C)C)c1c(OCc2ccccc2)cc2c(c1F)C[C@H](CN(CCCC(F)F)C(=O)OC(C)(C)C)N2C(=O)O. The van der Waals surface area contributed by atoms with Crippen LogP contribution < -0.4 is 18.7 Å². The topological polar surface area (TPSA) is 181 Å². The normalized spacial score (nSPS) is 14.1. The van der Waals surface area contributed by atoms with Crippen LogP contribution in [0, 0.1) is 5.82 Å². The van der Waals surface area contributed by atoms with E-state index < -0.39 is 108 Å². The van der Waals surface area contributed by atoms with Gasteiger partial charge in [-0.05, 0) is 53.5 Å². The fraction of sp³-hybridized carbons (Fsp3) is 0.500. The largest absolute Gasteiger partial charge is 0.487 e. The van der Waals surface area contributed by atoms with Gasteiger partial charge in [0.05, 0.1) is 11.7 Å². The molecule has 2 N–H and O–H groups in total. The van der Waals surface area contributed by atoms with Gasteiger partial charge in [-0.3, -0.25) is 9.69 Å². The van der Waals surface area contributed by atoms with Gasteiger partial charge < -0.3 is 29.0 Å². The molecule has 19 heteroatoms. The minimum Gasteiger partial charge on any atom is -0.487 e. The molecule has 304 valence electrons. The van der Waals surface area contributed by atoms with Crippen LogP contribution in [-0.4, -0.2) is 92.6 Å². The Kier molecular flexibility index (Phi) is 14.8. The van der Waals surface area contributed by atoms with Gasteiger partial charge in [0.15, 0.2) is 5.82 Å². The van der Waals surface area contributed by atoms with Gasteiger partial charge in [0.2, 0.25) is 6.43 Å². The van der Waals surface area contributed by atoms with Crippen molar-refractivity contribution in [2.45, 2.75) is 91.1 Å². The molecule has 15 nitrogen and oxygen atoms in total. The molecule has 0 unspecified atom stereocenters. The number of hydrogen-bond acceptors (Lipinski definition) is 10. The van der Waals surface area contributed by atoms with E-state index in [1.807, 2.05) is 0 Å². The first-order valence-corrected chi connectivity index (χ1v) is 18.6.